The molecule has 0 aromatic carbocycles. The molecule has 0 radical (unpaired) electrons. The number of hydrogen-bond donors (Lipinski definition) is 0. The van der Waals surface area contributed by atoms with E-state index in [1.807, 2.05) is 12.3 Å². The molecule has 0 aliphatic carbocycles. The summed E-state index contributed by atoms with van der Waals surface area (Å²) in [7, 11) is 0. The van der Waals surface area contributed by atoms with E-state index in [0.717, 1.165) is 24.2 Å². The minimum absolute atomic E-state index is 0.564. The summed E-state index contributed by atoms with van der Waals surface area (Å²) in [6.45, 7) is 3.28. The Labute approximate surface area is 103 Å². The summed E-state index contributed by atoms with van der Waals surface area (Å²) in [5.41, 5.74) is 1.77. The van der Waals surface area contributed by atoms with E-state index in [1.165, 1.54) is 25.7 Å². The second-order valence-corrected chi connectivity index (χ2v) is 4.61. The first-order valence-corrected chi connectivity index (χ1v) is 6.47. The first-order chi connectivity index (χ1) is 8.36. The van der Waals surface area contributed by atoms with Crippen molar-refractivity contribution in [2.75, 3.05) is 11.4 Å². The smallest absolute Gasteiger partial charge is 0.101 e. The number of nitriles is 1. The van der Waals surface area contributed by atoms with E-state index >= 15 is 0 Å². The molecule has 1 aliphatic rings. The van der Waals surface area contributed by atoms with Crippen LogP contribution in [0.1, 0.15) is 44.6 Å². The summed E-state index contributed by atoms with van der Waals surface area (Å²) in [6, 6.07) is 4.65. The zero-order valence-corrected chi connectivity index (χ0v) is 10.4. The molecule has 1 aromatic rings. The maximum atomic E-state index is 9.17. The minimum Gasteiger partial charge on any atom is -0.366 e. The van der Waals surface area contributed by atoms with E-state index in [2.05, 4.69) is 22.9 Å². The molecule has 2 rings (SSSR count). The van der Waals surface area contributed by atoms with Crippen LogP contribution in [0.15, 0.2) is 18.5 Å². The number of hydrogen-bond acceptors (Lipinski definition) is 3. The first kappa shape index (κ1) is 11.9. The fourth-order valence-electron chi connectivity index (χ4n) is 2.63. The molecule has 0 bridgehead atoms. The molecule has 1 saturated heterocycles. The Balaban J connectivity index is 2.32. The van der Waals surface area contributed by atoms with Crippen LogP contribution >= 0.6 is 0 Å². The van der Waals surface area contributed by atoms with Crippen molar-refractivity contribution < 1.29 is 0 Å². The van der Waals surface area contributed by atoms with Gasteiger partial charge in [0.1, 0.15) is 6.07 Å². The summed E-state index contributed by atoms with van der Waals surface area (Å²) in [5, 5.41) is 9.17. The SMILES string of the molecule is CCC1CCCCCN1c1cnccc1C#N. The van der Waals surface area contributed by atoms with E-state index < -0.39 is 0 Å². The molecule has 3 heteroatoms. The van der Waals surface area contributed by atoms with E-state index in [1.54, 1.807) is 6.20 Å². The van der Waals surface area contributed by atoms with Crippen molar-refractivity contribution in [3.05, 3.63) is 24.0 Å². The van der Waals surface area contributed by atoms with Gasteiger partial charge in [0, 0.05) is 18.8 Å². The molecule has 90 valence electrons. The van der Waals surface area contributed by atoms with Crippen LogP contribution in [0, 0.1) is 11.3 Å². The summed E-state index contributed by atoms with van der Waals surface area (Å²) in [6.07, 6.45) is 9.73. The Morgan fingerprint density at radius 1 is 1.47 bits per heavy atom. The Hall–Kier alpha value is -1.56. The van der Waals surface area contributed by atoms with Gasteiger partial charge in [-0.3, -0.25) is 4.98 Å². The van der Waals surface area contributed by atoms with Gasteiger partial charge in [0.25, 0.3) is 0 Å². The molecule has 2 heterocycles. The number of aromatic nitrogens is 1. The van der Waals surface area contributed by atoms with E-state index in [-0.39, 0.29) is 0 Å². The lowest BCUT2D eigenvalue weighted by Gasteiger charge is -2.31. The summed E-state index contributed by atoms with van der Waals surface area (Å²) in [5.74, 6) is 0. The molecule has 1 fully saturated rings. The number of rotatable bonds is 2. The van der Waals surface area contributed by atoms with Crippen LogP contribution in [0.25, 0.3) is 0 Å². The predicted molar refractivity (Wildman–Crippen MR) is 68.8 cm³/mol. The summed E-state index contributed by atoms with van der Waals surface area (Å²) in [4.78, 5) is 6.56. The molecule has 0 N–H and O–H groups in total. The van der Waals surface area contributed by atoms with Gasteiger partial charge >= 0.3 is 0 Å². The highest BCUT2D eigenvalue weighted by Crippen LogP contribution is 2.27. The van der Waals surface area contributed by atoms with Gasteiger partial charge in [-0.25, -0.2) is 0 Å². The highest BCUT2D eigenvalue weighted by molar-refractivity contribution is 5.58. The topological polar surface area (TPSA) is 39.9 Å². The van der Waals surface area contributed by atoms with Crippen LogP contribution in [0.3, 0.4) is 0 Å². The molecule has 1 aromatic heterocycles. The fourth-order valence-corrected chi connectivity index (χ4v) is 2.63. The number of pyridine rings is 1. The van der Waals surface area contributed by atoms with Crippen molar-refractivity contribution in [1.82, 2.24) is 4.98 Å². The third-order valence-electron chi connectivity index (χ3n) is 3.58. The number of nitrogens with zero attached hydrogens (tertiary/aromatic N) is 3. The predicted octanol–water partition coefficient (Wildman–Crippen LogP) is 3.11. The van der Waals surface area contributed by atoms with E-state index in [4.69, 9.17) is 0 Å². The van der Waals surface area contributed by atoms with Crippen LogP contribution in [0.2, 0.25) is 0 Å². The minimum atomic E-state index is 0.564. The molecule has 1 unspecified atom stereocenters. The summed E-state index contributed by atoms with van der Waals surface area (Å²) >= 11 is 0. The van der Waals surface area contributed by atoms with Gasteiger partial charge in [-0.2, -0.15) is 5.26 Å². The normalized spacial score (nSPS) is 20.7. The quantitative estimate of drug-likeness (QED) is 0.782. The molecule has 17 heavy (non-hydrogen) atoms. The molecule has 3 nitrogen and oxygen atoms in total. The van der Waals surface area contributed by atoms with Crippen molar-refractivity contribution >= 4 is 5.69 Å². The van der Waals surface area contributed by atoms with Gasteiger partial charge in [-0.05, 0) is 25.3 Å². The first-order valence-electron chi connectivity index (χ1n) is 6.47. The third-order valence-corrected chi connectivity index (χ3v) is 3.58. The van der Waals surface area contributed by atoms with Gasteiger partial charge in [0.05, 0.1) is 17.4 Å². The summed E-state index contributed by atoms with van der Waals surface area (Å²) < 4.78 is 0. The maximum absolute atomic E-state index is 9.17. The van der Waals surface area contributed by atoms with Crippen molar-refractivity contribution in [1.29, 1.82) is 5.26 Å². The molecular weight excluding hydrogens is 210 g/mol. The van der Waals surface area contributed by atoms with Crippen LogP contribution in [-0.4, -0.2) is 17.6 Å². The van der Waals surface area contributed by atoms with Crippen LogP contribution < -0.4 is 4.90 Å². The molecule has 0 amide bonds. The van der Waals surface area contributed by atoms with Crippen LogP contribution in [-0.2, 0) is 0 Å². The third kappa shape index (κ3) is 2.58. The van der Waals surface area contributed by atoms with Gasteiger partial charge in [-0.15, -0.1) is 0 Å². The van der Waals surface area contributed by atoms with Crippen molar-refractivity contribution in [3.8, 4) is 6.07 Å². The highest BCUT2D eigenvalue weighted by atomic mass is 15.2. The van der Waals surface area contributed by atoms with Crippen molar-refractivity contribution in [3.63, 3.8) is 0 Å². The molecule has 1 atom stereocenters. The second kappa shape index (κ2) is 5.67. The highest BCUT2D eigenvalue weighted by Gasteiger charge is 2.21. The largest absolute Gasteiger partial charge is 0.366 e. The zero-order valence-electron chi connectivity index (χ0n) is 10.4. The van der Waals surface area contributed by atoms with Crippen LogP contribution in [0.4, 0.5) is 5.69 Å². The zero-order chi connectivity index (χ0) is 12.1. The Morgan fingerprint density at radius 3 is 3.12 bits per heavy atom. The molecule has 1 aliphatic heterocycles. The molecule has 0 saturated carbocycles. The number of anilines is 1. The van der Waals surface area contributed by atoms with E-state index in [0.29, 0.717) is 6.04 Å². The second-order valence-electron chi connectivity index (χ2n) is 4.61. The Bertz CT molecular complexity index is 408. The monoisotopic (exact) mass is 229 g/mol. The van der Waals surface area contributed by atoms with Gasteiger partial charge < -0.3 is 4.90 Å². The average Bonchev–Trinajstić information content (AvgIpc) is 2.63. The Kier molecular flexibility index (Phi) is 3.98. The Morgan fingerprint density at radius 2 is 2.35 bits per heavy atom. The average molecular weight is 229 g/mol. The standard InChI is InChI=1S/C14H19N3/c1-2-13-6-4-3-5-9-17(13)14-11-16-8-7-12(14)10-15/h7-8,11,13H,2-6,9H2,1H3. The lowest BCUT2D eigenvalue weighted by molar-refractivity contribution is 0.555. The lowest BCUT2D eigenvalue weighted by Crippen LogP contribution is -2.35. The van der Waals surface area contributed by atoms with Crippen LogP contribution in [0.5, 0.6) is 0 Å². The van der Waals surface area contributed by atoms with Crippen molar-refractivity contribution in [2.24, 2.45) is 0 Å². The van der Waals surface area contributed by atoms with Gasteiger partial charge in [0.15, 0.2) is 0 Å². The lowest BCUT2D eigenvalue weighted by atomic mass is 10.1. The van der Waals surface area contributed by atoms with Crippen molar-refractivity contribution in [2.45, 2.75) is 45.1 Å². The maximum Gasteiger partial charge on any atom is 0.101 e. The van der Waals surface area contributed by atoms with Gasteiger partial charge in [-0.1, -0.05) is 19.8 Å². The van der Waals surface area contributed by atoms with Gasteiger partial charge in [0.2, 0.25) is 0 Å². The molecule has 0 spiro atoms. The fraction of sp³-hybridized carbons (Fsp3) is 0.571. The molecular formula is C14H19N3. The van der Waals surface area contributed by atoms with E-state index in [9.17, 15) is 5.26 Å².